The Kier molecular flexibility index (Phi) is 9.51. The molecule has 0 N–H and O–H groups in total. The van der Waals surface area contributed by atoms with Gasteiger partial charge in [-0.2, -0.15) is 5.26 Å². The second kappa shape index (κ2) is 12.3. The number of nitriles is 1. The Balaban J connectivity index is 1.24. The quantitative estimate of drug-likeness (QED) is 0.281. The van der Waals surface area contributed by atoms with Crippen molar-refractivity contribution in [2.75, 3.05) is 0 Å². The second-order valence-electron chi connectivity index (χ2n) is 10.3. The Morgan fingerprint density at radius 1 is 0.833 bits per heavy atom. The second-order valence-corrected chi connectivity index (χ2v) is 10.3. The fourth-order valence-electron chi connectivity index (χ4n) is 5.87. The van der Waals surface area contributed by atoms with Crippen LogP contribution in [-0.2, 0) is 0 Å². The molecule has 2 aliphatic carbocycles. The van der Waals surface area contributed by atoms with Gasteiger partial charge in [-0.1, -0.05) is 82.6 Å². The number of benzene rings is 1. The molecule has 1 aromatic carbocycles. The van der Waals surface area contributed by atoms with E-state index in [1.54, 1.807) is 0 Å². The molecule has 0 radical (unpaired) electrons. The van der Waals surface area contributed by atoms with E-state index in [2.05, 4.69) is 31.7 Å². The van der Waals surface area contributed by atoms with Gasteiger partial charge in [-0.3, -0.25) is 0 Å². The molecule has 1 nitrogen and oxygen atoms in total. The molecule has 0 heterocycles. The summed E-state index contributed by atoms with van der Waals surface area (Å²) < 4.78 is 0. The van der Waals surface area contributed by atoms with Crippen LogP contribution in [0.2, 0.25) is 0 Å². The summed E-state index contributed by atoms with van der Waals surface area (Å²) in [5.41, 5.74) is 3.67. The predicted molar refractivity (Wildman–Crippen MR) is 128 cm³/mol. The molecule has 2 aliphatic rings. The molecule has 0 spiro atoms. The molecule has 164 valence electrons. The van der Waals surface area contributed by atoms with Crippen LogP contribution in [-0.4, -0.2) is 0 Å². The van der Waals surface area contributed by atoms with Gasteiger partial charge >= 0.3 is 0 Å². The van der Waals surface area contributed by atoms with Crippen LogP contribution in [0.4, 0.5) is 0 Å². The first-order valence-corrected chi connectivity index (χ1v) is 12.8. The van der Waals surface area contributed by atoms with Gasteiger partial charge in [-0.05, 0) is 86.3 Å². The highest BCUT2D eigenvalue weighted by molar-refractivity contribution is 5.33. The lowest BCUT2D eigenvalue weighted by atomic mass is 9.76. The molecule has 2 fully saturated rings. The Labute approximate surface area is 186 Å². The Bertz CT molecular complexity index is 663. The van der Waals surface area contributed by atoms with Gasteiger partial charge < -0.3 is 0 Å². The van der Waals surface area contributed by atoms with Gasteiger partial charge in [0.05, 0.1) is 11.6 Å². The Morgan fingerprint density at radius 2 is 1.33 bits per heavy atom. The van der Waals surface area contributed by atoms with E-state index in [-0.39, 0.29) is 0 Å². The summed E-state index contributed by atoms with van der Waals surface area (Å²) in [4.78, 5) is 0. The first-order chi connectivity index (χ1) is 14.7. The van der Waals surface area contributed by atoms with Crippen molar-refractivity contribution in [3.05, 3.63) is 47.5 Å². The number of hydrogen-bond donors (Lipinski definition) is 0. The zero-order chi connectivity index (χ0) is 21.2. The van der Waals surface area contributed by atoms with Crippen molar-refractivity contribution < 1.29 is 0 Å². The van der Waals surface area contributed by atoms with Crippen LogP contribution in [0.1, 0.15) is 120 Å². The van der Waals surface area contributed by atoms with Crippen LogP contribution in [0, 0.1) is 29.1 Å². The predicted octanol–water partition coefficient (Wildman–Crippen LogP) is 8.95. The highest BCUT2D eigenvalue weighted by Gasteiger charge is 2.23. The van der Waals surface area contributed by atoms with E-state index >= 15 is 0 Å². The number of rotatable bonds is 10. The van der Waals surface area contributed by atoms with Crippen molar-refractivity contribution in [1.82, 2.24) is 0 Å². The zero-order valence-corrected chi connectivity index (χ0v) is 19.4. The minimum absolute atomic E-state index is 0.721. The summed E-state index contributed by atoms with van der Waals surface area (Å²) in [5.74, 6) is 3.68. The van der Waals surface area contributed by atoms with Crippen molar-refractivity contribution in [3.63, 3.8) is 0 Å². The van der Waals surface area contributed by atoms with Crippen molar-refractivity contribution >= 4 is 0 Å². The number of allylic oxidation sites excluding steroid dienone is 1. The molecular weight excluding hydrogens is 362 g/mol. The Morgan fingerprint density at radius 3 is 1.83 bits per heavy atom. The van der Waals surface area contributed by atoms with E-state index in [0.29, 0.717) is 0 Å². The fourth-order valence-corrected chi connectivity index (χ4v) is 5.87. The third-order valence-electron chi connectivity index (χ3n) is 8.21. The molecule has 0 aliphatic heterocycles. The molecule has 1 aromatic rings. The number of unbranched alkanes of at least 4 members (excludes halogenated alkanes) is 1. The average molecular weight is 406 g/mol. The summed E-state index contributed by atoms with van der Waals surface area (Å²) in [6.45, 7) is 6.41. The van der Waals surface area contributed by atoms with Crippen molar-refractivity contribution in [2.45, 2.75) is 109 Å². The van der Waals surface area contributed by atoms with Crippen LogP contribution in [0.15, 0.2) is 36.4 Å². The van der Waals surface area contributed by atoms with Crippen LogP contribution in [0.3, 0.4) is 0 Å². The van der Waals surface area contributed by atoms with Crippen molar-refractivity contribution in [3.8, 4) is 6.07 Å². The lowest BCUT2D eigenvalue weighted by molar-refractivity contribution is 0.243. The molecule has 0 unspecified atom stereocenters. The maximum absolute atomic E-state index is 8.97. The third kappa shape index (κ3) is 7.30. The summed E-state index contributed by atoms with van der Waals surface area (Å²) in [6, 6.07) is 10.6. The lowest BCUT2D eigenvalue weighted by Crippen LogP contribution is -2.15. The van der Waals surface area contributed by atoms with Crippen molar-refractivity contribution in [2.24, 2.45) is 17.8 Å². The number of hydrogen-bond acceptors (Lipinski definition) is 1. The summed E-state index contributed by atoms with van der Waals surface area (Å²) in [6.07, 6.45) is 21.0. The van der Waals surface area contributed by atoms with Gasteiger partial charge in [0.2, 0.25) is 0 Å². The van der Waals surface area contributed by atoms with E-state index in [4.69, 9.17) is 5.26 Å². The molecular formula is C29H43N. The first-order valence-electron chi connectivity index (χ1n) is 12.8. The van der Waals surface area contributed by atoms with E-state index in [9.17, 15) is 0 Å². The van der Waals surface area contributed by atoms with Crippen LogP contribution < -0.4 is 0 Å². The summed E-state index contributed by atoms with van der Waals surface area (Å²) in [5, 5.41) is 8.97. The van der Waals surface area contributed by atoms with Gasteiger partial charge in [-0.25, -0.2) is 0 Å². The molecule has 0 saturated heterocycles. The largest absolute Gasteiger partial charge is 0.192 e. The lowest BCUT2D eigenvalue weighted by Gasteiger charge is -2.30. The van der Waals surface area contributed by atoms with E-state index < -0.39 is 0 Å². The third-order valence-corrected chi connectivity index (χ3v) is 8.21. The smallest absolute Gasteiger partial charge is 0.0991 e. The molecule has 0 atom stereocenters. The average Bonchev–Trinajstić information content (AvgIpc) is 2.81. The molecule has 0 amide bonds. The highest BCUT2D eigenvalue weighted by Crippen LogP contribution is 2.39. The van der Waals surface area contributed by atoms with E-state index in [1.165, 1.54) is 101 Å². The van der Waals surface area contributed by atoms with Gasteiger partial charge in [-0.15, -0.1) is 0 Å². The topological polar surface area (TPSA) is 23.8 Å². The summed E-state index contributed by atoms with van der Waals surface area (Å²) >= 11 is 0. The molecule has 0 aromatic heterocycles. The normalized spacial score (nSPS) is 26.8. The molecule has 0 bridgehead atoms. The zero-order valence-electron chi connectivity index (χ0n) is 19.4. The highest BCUT2D eigenvalue weighted by atomic mass is 14.3. The molecule has 2 saturated carbocycles. The SMILES string of the molecule is C=C(CC)CCC1CCC(CCCCC2CCC(c3ccc(C#N)cc3)CC2)CC1. The van der Waals surface area contributed by atoms with Gasteiger partial charge in [0.1, 0.15) is 0 Å². The molecule has 30 heavy (non-hydrogen) atoms. The maximum atomic E-state index is 8.97. The Hall–Kier alpha value is -1.55. The summed E-state index contributed by atoms with van der Waals surface area (Å²) in [7, 11) is 0. The van der Waals surface area contributed by atoms with Gasteiger partial charge in [0.15, 0.2) is 0 Å². The van der Waals surface area contributed by atoms with Crippen LogP contribution in [0.5, 0.6) is 0 Å². The molecule has 1 heteroatoms. The van der Waals surface area contributed by atoms with Crippen LogP contribution in [0.25, 0.3) is 0 Å². The first kappa shape index (κ1) is 23.1. The fraction of sp³-hybridized carbons (Fsp3) is 0.690. The molecule has 3 rings (SSSR count). The van der Waals surface area contributed by atoms with Gasteiger partial charge in [0, 0.05) is 0 Å². The standard InChI is InChI=1S/C29H43N/c1-3-23(2)8-9-26-12-10-24(11-13-26)6-4-5-7-25-14-18-28(19-15-25)29-20-16-27(22-30)17-21-29/h16-17,20-21,24-26,28H,2-15,18-19H2,1H3. The minimum atomic E-state index is 0.721. The van der Waals surface area contributed by atoms with Crippen LogP contribution >= 0.6 is 0 Å². The van der Waals surface area contributed by atoms with E-state index in [1.807, 2.05) is 12.1 Å². The van der Waals surface area contributed by atoms with Crippen molar-refractivity contribution in [1.29, 1.82) is 5.26 Å². The van der Waals surface area contributed by atoms with E-state index in [0.717, 1.165) is 35.7 Å². The number of nitrogens with zero attached hydrogens (tertiary/aromatic N) is 1. The monoisotopic (exact) mass is 405 g/mol. The van der Waals surface area contributed by atoms with Gasteiger partial charge in [0.25, 0.3) is 0 Å². The minimum Gasteiger partial charge on any atom is -0.192 e. The maximum Gasteiger partial charge on any atom is 0.0991 e.